The first-order valence-electron chi connectivity index (χ1n) is 20.3. The van der Waals surface area contributed by atoms with Crippen molar-refractivity contribution < 1.29 is 13.2 Å². The summed E-state index contributed by atoms with van der Waals surface area (Å²) in [7, 11) is 0. The molecule has 10 aromatic rings. The monoisotopic (exact) mass is 810 g/mol. The van der Waals surface area contributed by atoms with E-state index in [4.69, 9.17) is 6.57 Å². The van der Waals surface area contributed by atoms with E-state index in [-0.39, 0.29) is 5.69 Å². The third-order valence-corrected chi connectivity index (χ3v) is 12.2. The highest BCUT2D eigenvalue weighted by Crippen LogP contribution is 2.45. The van der Waals surface area contributed by atoms with Gasteiger partial charge in [-0.2, -0.15) is 18.4 Å². The van der Waals surface area contributed by atoms with Crippen molar-refractivity contribution in [3.8, 4) is 50.8 Å². The number of fused-ring (bicyclic) bond motifs is 6. The number of rotatable bonds is 5. The van der Waals surface area contributed by atoms with E-state index in [0.29, 0.717) is 28.1 Å². The van der Waals surface area contributed by atoms with Crippen LogP contribution in [0.5, 0.6) is 0 Å². The molecule has 0 fully saturated rings. The number of para-hydroxylation sites is 2. The van der Waals surface area contributed by atoms with E-state index in [0.717, 1.165) is 83.6 Å². The number of hydrogen-bond acceptors (Lipinski definition) is 1. The van der Waals surface area contributed by atoms with Crippen molar-refractivity contribution in [3.05, 3.63) is 196 Å². The van der Waals surface area contributed by atoms with Gasteiger partial charge in [-0.15, -0.1) is 0 Å². The van der Waals surface area contributed by atoms with Crippen LogP contribution < -0.4 is 0 Å². The Labute approximate surface area is 356 Å². The molecule has 0 radical (unpaired) electrons. The molecule has 0 N–H and O–H groups in total. The molecule has 0 bridgehead atoms. The average Bonchev–Trinajstić information content (AvgIpc) is 3.77. The van der Waals surface area contributed by atoms with E-state index < -0.39 is 11.7 Å². The van der Waals surface area contributed by atoms with E-state index in [1.807, 2.05) is 48.5 Å². The van der Waals surface area contributed by atoms with Gasteiger partial charge in [0.1, 0.15) is 6.07 Å². The lowest BCUT2D eigenvalue weighted by molar-refractivity contribution is -0.137. The minimum Gasteiger partial charge on any atom is -0.309 e. The maximum absolute atomic E-state index is 14.2. The second-order valence-electron chi connectivity index (χ2n) is 16.1. The van der Waals surface area contributed by atoms with Crippen LogP contribution in [-0.4, -0.2) is 9.13 Å². The molecule has 8 aromatic carbocycles. The van der Waals surface area contributed by atoms with Gasteiger partial charge in [0, 0.05) is 27.1 Å². The summed E-state index contributed by atoms with van der Waals surface area (Å²) in [6, 6.07) is 51.1. The van der Waals surface area contributed by atoms with Gasteiger partial charge in [-0.3, -0.25) is 0 Å². The molecule has 4 nitrogen and oxygen atoms in total. The number of nitriles is 1. The van der Waals surface area contributed by atoms with Crippen LogP contribution in [0, 0.1) is 45.6 Å². The fourth-order valence-electron chi connectivity index (χ4n) is 9.36. The highest BCUT2D eigenvalue weighted by molar-refractivity contribution is 6.13. The van der Waals surface area contributed by atoms with Gasteiger partial charge >= 0.3 is 6.18 Å². The first kappa shape index (κ1) is 38.3. The highest BCUT2D eigenvalue weighted by Gasteiger charge is 2.32. The van der Waals surface area contributed by atoms with Gasteiger partial charge in [0.25, 0.3) is 0 Å². The Hall–Kier alpha value is -7.87. The van der Waals surface area contributed by atoms with Crippen molar-refractivity contribution in [1.82, 2.24) is 9.13 Å². The predicted octanol–water partition coefficient (Wildman–Crippen LogP) is 15.6. The lowest BCUT2D eigenvalue weighted by atomic mass is 9.96. The zero-order valence-corrected chi connectivity index (χ0v) is 34.4. The van der Waals surface area contributed by atoms with E-state index in [1.54, 1.807) is 0 Å². The molecule has 2 aromatic heterocycles. The van der Waals surface area contributed by atoms with E-state index in [1.165, 1.54) is 22.8 Å². The minimum absolute atomic E-state index is 0.144. The number of nitrogens with zero attached hydrogens (tertiary/aromatic N) is 4. The average molecular weight is 811 g/mol. The Bertz CT molecular complexity index is 3590. The molecule has 62 heavy (non-hydrogen) atoms. The van der Waals surface area contributed by atoms with Crippen molar-refractivity contribution in [2.75, 3.05) is 0 Å². The van der Waals surface area contributed by atoms with Crippen LogP contribution in [0.3, 0.4) is 0 Å². The number of hydrogen-bond donors (Lipinski definition) is 0. The molecule has 0 saturated heterocycles. The molecule has 0 saturated carbocycles. The Balaban J connectivity index is 1.29. The van der Waals surface area contributed by atoms with Gasteiger partial charge in [0.15, 0.2) is 5.69 Å². The molecule has 0 aliphatic carbocycles. The quantitative estimate of drug-likeness (QED) is 0.160. The first-order valence-corrected chi connectivity index (χ1v) is 20.3. The van der Waals surface area contributed by atoms with Crippen LogP contribution in [0.4, 0.5) is 18.9 Å². The van der Waals surface area contributed by atoms with Crippen LogP contribution in [-0.2, 0) is 6.18 Å². The second kappa shape index (κ2) is 14.4. The summed E-state index contributed by atoms with van der Waals surface area (Å²) in [5.41, 5.74) is 13.7. The van der Waals surface area contributed by atoms with E-state index in [9.17, 15) is 18.4 Å². The van der Waals surface area contributed by atoms with E-state index >= 15 is 0 Å². The number of benzene rings is 8. The largest absolute Gasteiger partial charge is 0.415 e. The van der Waals surface area contributed by atoms with Gasteiger partial charge in [-0.05, 0) is 127 Å². The maximum Gasteiger partial charge on any atom is 0.415 e. The number of alkyl halides is 3. The standard InChI is InChI=1S/C55H37F3N4/c1-32-14-19-40(34(3)24-32)36-16-22-51-45(26-36)43-10-6-8-12-49(43)61(51)53-30-47(42-21-18-39(55(56,57)58)29-48(42)60-5)54(28-38(53)31-59)62-50-13-9-7-11-44(50)46-27-37(17-23-52(46)62)41-20-15-33(2)25-35(41)4/h6-30H,1-4H3. The van der Waals surface area contributed by atoms with Crippen LogP contribution in [0.15, 0.2) is 152 Å². The second-order valence-corrected chi connectivity index (χ2v) is 16.1. The zero-order valence-electron chi connectivity index (χ0n) is 34.4. The molecular weight excluding hydrogens is 774 g/mol. The third-order valence-electron chi connectivity index (χ3n) is 12.2. The summed E-state index contributed by atoms with van der Waals surface area (Å²) in [5.74, 6) is 0. The van der Waals surface area contributed by atoms with Crippen molar-refractivity contribution in [2.24, 2.45) is 0 Å². The zero-order chi connectivity index (χ0) is 43.0. The van der Waals surface area contributed by atoms with Gasteiger partial charge in [0.05, 0.1) is 45.6 Å². The van der Waals surface area contributed by atoms with Crippen LogP contribution in [0.2, 0.25) is 0 Å². The smallest absolute Gasteiger partial charge is 0.309 e. The minimum atomic E-state index is -4.64. The van der Waals surface area contributed by atoms with Crippen LogP contribution in [0.25, 0.3) is 93.2 Å². The Morgan fingerprint density at radius 1 is 0.500 bits per heavy atom. The molecule has 298 valence electrons. The molecule has 0 atom stereocenters. The van der Waals surface area contributed by atoms with Gasteiger partial charge in [-0.1, -0.05) is 108 Å². The van der Waals surface area contributed by atoms with Crippen molar-refractivity contribution in [3.63, 3.8) is 0 Å². The Morgan fingerprint density at radius 2 is 1.00 bits per heavy atom. The Kier molecular flexibility index (Phi) is 8.91. The summed E-state index contributed by atoms with van der Waals surface area (Å²) in [6.45, 7) is 16.5. The third kappa shape index (κ3) is 6.13. The summed E-state index contributed by atoms with van der Waals surface area (Å²) in [4.78, 5) is 3.68. The summed E-state index contributed by atoms with van der Waals surface area (Å²) in [5, 5.41) is 15.0. The molecule has 10 rings (SSSR count). The highest BCUT2D eigenvalue weighted by atomic mass is 19.4. The van der Waals surface area contributed by atoms with Gasteiger partial charge < -0.3 is 9.13 Å². The lowest BCUT2D eigenvalue weighted by Crippen LogP contribution is -2.06. The molecule has 0 unspecified atom stereocenters. The normalized spacial score (nSPS) is 11.8. The number of aryl methyl sites for hydroxylation is 4. The van der Waals surface area contributed by atoms with Gasteiger partial charge in [-0.25, -0.2) is 4.85 Å². The first-order chi connectivity index (χ1) is 29.9. The molecule has 2 heterocycles. The predicted molar refractivity (Wildman–Crippen MR) is 246 cm³/mol. The van der Waals surface area contributed by atoms with Crippen LogP contribution in [0.1, 0.15) is 33.4 Å². The lowest BCUT2D eigenvalue weighted by Gasteiger charge is -2.20. The molecule has 0 spiro atoms. The number of aromatic nitrogens is 2. The fourth-order valence-corrected chi connectivity index (χ4v) is 9.36. The topological polar surface area (TPSA) is 38.0 Å². The maximum atomic E-state index is 14.2. The fraction of sp³-hybridized carbons (Fsp3) is 0.0909. The summed E-state index contributed by atoms with van der Waals surface area (Å²) in [6.07, 6.45) is -4.64. The van der Waals surface area contributed by atoms with E-state index in [2.05, 4.69) is 133 Å². The van der Waals surface area contributed by atoms with Crippen LogP contribution >= 0.6 is 0 Å². The molecule has 0 aliphatic rings. The molecule has 7 heteroatoms. The van der Waals surface area contributed by atoms with Gasteiger partial charge in [0.2, 0.25) is 0 Å². The number of halogens is 3. The van der Waals surface area contributed by atoms with Crippen molar-refractivity contribution >= 4 is 49.3 Å². The summed E-state index contributed by atoms with van der Waals surface area (Å²) >= 11 is 0. The molecular formula is C55H37F3N4. The van der Waals surface area contributed by atoms with Crippen molar-refractivity contribution in [1.29, 1.82) is 5.26 Å². The Morgan fingerprint density at radius 3 is 1.50 bits per heavy atom. The molecule has 0 aliphatic heterocycles. The summed E-state index contributed by atoms with van der Waals surface area (Å²) < 4.78 is 46.6. The molecule has 0 amide bonds. The van der Waals surface area contributed by atoms with Crippen molar-refractivity contribution in [2.45, 2.75) is 33.9 Å². The SMILES string of the molecule is [C-]#[N+]c1cc(C(F)(F)F)ccc1-c1cc(-n2c3ccccc3c3cc(-c4ccc(C)cc4C)ccc32)c(C#N)cc1-n1c2ccccc2c2cc(-c3ccc(C)cc3C)ccc21.